The van der Waals surface area contributed by atoms with E-state index in [1.54, 1.807) is 4.57 Å². The van der Waals surface area contributed by atoms with Gasteiger partial charge in [-0.2, -0.15) is 5.21 Å². The van der Waals surface area contributed by atoms with E-state index in [1.807, 2.05) is 31.2 Å². The van der Waals surface area contributed by atoms with E-state index < -0.39 is 12.2 Å². The van der Waals surface area contributed by atoms with Crippen LogP contribution in [0.2, 0.25) is 0 Å². The van der Waals surface area contributed by atoms with E-state index in [9.17, 15) is 9.59 Å². The molecule has 0 radical (unpaired) electrons. The third-order valence-corrected chi connectivity index (χ3v) is 6.41. The average molecular weight is 470 g/mol. The van der Waals surface area contributed by atoms with Crippen molar-refractivity contribution in [3.63, 3.8) is 0 Å². The predicted octanol–water partition coefficient (Wildman–Crippen LogP) is 2.08. The van der Waals surface area contributed by atoms with Crippen molar-refractivity contribution in [1.29, 1.82) is 0 Å². The van der Waals surface area contributed by atoms with Crippen LogP contribution in [-0.2, 0) is 20.7 Å². The van der Waals surface area contributed by atoms with E-state index in [2.05, 4.69) is 30.7 Å². The van der Waals surface area contributed by atoms with Crippen LogP contribution >= 0.6 is 0 Å². The molecule has 2 N–H and O–H groups in total. The Hall–Kier alpha value is -3.18. The Morgan fingerprint density at radius 1 is 1.26 bits per heavy atom. The number of piperidine rings is 1. The zero-order chi connectivity index (χ0) is 23.9. The smallest absolute Gasteiger partial charge is 0.331 e. The topological polar surface area (TPSA) is 137 Å². The van der Waals surface area contributed by atoms with Gasteiger partial charge in [-0.1, -0.05) is 23.8 Å². The number of rotatable bonds is 11. The van der Waals surface area contributed by atoms with Crippen LogP contribution in [0.3, 0.4) is 0 Å². The summed E-state index contributed by atoms with van der Waals surface area (Å²) in [6.07, 6.45) is 3.80. The molecule has 1 aliphatic heterocycles. The standard InChI is InChI=1S/C23H31N7O4/c1-15(34-14-21(31)33-2)30-19-9-5-4-8-18(19)25-23(30)22(32)17-11-12-24-13-16(17)7-3-6-10-20-26-28-29-27-20/h4-5,8-9,15-17,24H,3,6-7,10-14H2,1-2H3,(H,26,27,28,29). The van der Waals surface area contributed by atoms with Gasteiger partial charge in [0.15, 0.2) is 11.6 Å². The fourth-order valence-electron chi connectivity index (χ4n) is 4.62. The van der Waals surface area contributed by atoms with E-state index in [4.69, 9.17) is 9.72 Å². The molecule has 3 heterocycles. The number of aromatic amines is 1. The predicted molar refractivity (Wildman–Crippen MR) is 123 cm³/mol. The fraction of sp³-hybridized carbons (Fsp3) is 0.565. The van der Waals surface area contributed by atoms with Crippen LogP contribution in [0.25, 0.3) is 11.0 Å². The first kappa shape index (κ1) is 24.0. The van der Waals surface area contributed by atoms with Crippen molar-refractivity contribution in [3.8, 4) is 0 Å². The van der Waals surface area contributed by atoms with Gasteiger partial charge in [0.25, 0.3) is 0 Å². The molecule has 0 amide bonds. The molecule has 3 atom stereocenters. The second-order valence-electron chi connectivity index (χ2n) is 8.58. The Bertz CT molecular complexity index is 1100. The van der Waals surface area contributed by atoms with Gasteiger partial charge in [0.05, 0.1) is 18.1 Å². The largest absolute Gasteiger partial charge is 0.467 e. The van der Waals surface area contributed by atoms with Gasteiger partial charge in [-0.15, -0.1) is 10.2 Å². The minimum absolute atomic E-state index is 0.0226. The normalized spacial score (nSPS) is 19.2. The highest BCUT2D eigenvalue weighted by Gasteiger charge is 2.34. The number of nitrogens with one attached hydrogen (secondary N) is 2. The molecule has 11 heteroatoms. The number of tetrazole rings is 1. The van der Waals surface area contributed by atoms with E-state index in [0.29, 0.717) is 11.6 Å². The lowest BCUT2D eigenvalue weighted by atomic mass is 9.80. The summed E-state index contributed by atoms with van der Waals surface area (Å²) in [6.45, 7) is 3.21. The van der Waals surface area contributed by atoms with E-state index in [0.717, 1.165) is 56.2 Å². The summed E-state index contributed by atoms with van der Waals surface area (Å²) in [5, 5.41) is 17.5. The highest BCUT2D eigenvalue weighted by molar-refractivity contribution is 5.98. The molecule has 182 valence electrons. The molecule has 3 unspecified atom stereocenters. The first-order valence-electron chi connectivity index (χ1n) is 11.7. The van der Waals surface area contributed by atoms with Gasteiger partial charge in [-0.25, -0.2) is 9.78 Å². The number of para-hydroxylation sites is 2. The molecule has 4 rings (SSSR count). The molecule has 0 aliphatic carbocycles. The summed E-state index contributed by atoms with van der Waals surface area (Å²) in [6, 6.07) is 7.59. The third kappa shape index (κ3) is 5.48. The van der Waals surface area contributed by atoms with E-state index in [-0.39, 0.29) is 24.2 Å². The Morgan fingerprint density at radius 3 is 2.91 bits per heavy atom. The minimum Gasteiger partial charge on any atom is -0.467 e. The Morgan fingerprint density at radius 2 is 2.12 bits per heavy atom. The lowest BCUT2D eigenvalue weighted by molar-refractivity contribution is -0.149. The molecule has 2 aromatic heterocycles. The van der Waals surface area contributed by atoms with E-state index >= 15 is 0 Å². The molecule has 0 saturated carbocycles. The lowest BCUT2D eigenvalue weighted by Gasteiger charge is -2.31. The van der Waals surface area contributed by atoms with Crippen molar-refractivity contribution in [2.75, 3.05) is 26.8 Å². The van der Waals surface area contributed by atoms with Crippen LogP contribution in [0, 0.1) is 11.8 Å². The number of imidazole rings is 1. The average Bonchev–Trinajstić information content (AvgIpc) is 3.52. The highest BCUT2D eigenvalue weighted by Crippen LogP contribution is 2.30. The van der Waals surface area contributed by atoms with Crippen LogP contribution in [0.15, 0.2) is 24.3 Å². The number of carbonyl (C=O) groups is 2. The number of aryl methyl sites for hydroxylation is 1. The van der Waals surface area contributed by atoms with Crippen LogP contribution in [0.1, 0.15) is 55.3 Å². The Kier molecular flexibility index (Phi) is 7.96. The molecular weight excluding hydrogens is 438 g/mol. The number of hydrogen-bond donors (Lipinski definition) is 2. The Labute approximate surface area is 197 Å². The van der Waals surface area contributed by atoms with Crippen molar-refractivity contribution in [3.05, 3.63) is 35.9 Å². The number of methoxy groups -OCH3 is 1. The maximum absolute atomic E-state index is 13.8. The second kappa shape index (κ2) is 11.3. The molecule has 34 heavy (non-hydrogen) atoms. The first-order valence-corrected chi connectivity index (χ1v) is 11.7. The van der Waals surface area contributed by atoms with Gasteiger partial charge in [-0.05, 0) is 57.3 Å². The van der Waals surface area contributed by atoms with Gasteiger partial charge in [0.2, 0.25) is 5.78 Å². The van der Waals surface area contributed by atoms with Gasteiger partial charge >= 0.3 is 5.97 Å². The molecule has 0 spiro atoms. The van der Waals surface area contributed by atoms with Crippen LogP contribution in [0.4, 0.5) is 0 Å². The van der Waals surface area contributed by atoms with Crippen LogP contribution < -0.4 is 5.32 Å². The number of ketones is 1. The van der Waals surface area contributed by atoms with Crippen molar-refractivity contribution >= 4 is 22.8 Å². The van der Waals surface area contributed by atoms with Gasteiger partial charge in [-0.3, -0.25) is 9.36 Å². The number of hydrogen-bond acceptors (Lipinski definition) is 9. The number of aromatic nitrogens is 6. The second-order valence-corrected chi connectivity index (χ2v) is 8.58. The quantitative estimate of drug-likeness (QED) is 0.246. The summed E-state index contributed by atoms with van der Waals surface area (Å²) in [5.41, 5.74) is 1.53. The molecule has 1 aromatic carbocycles. The van der Waals surface area contributed by atoms with Gasteiger partial charge in [0.1, 0.15) is 12.8 Å². The molecule has 1 aliphatic rings. The molecule has 0 bridgehead atoms. The molecule has 11 nitrogen and oxygen atoms in total. The van der Waals surface area contributed by atoms with Gasteiger partial charge in [0, 0.05) is 12.3 Å². The van der Waals surface area contributed by atoms with Crippen LogP contribution in [-0.4, -0.2) is 68.7 Å². The monoisotopic (exact) mass is 469 g/mol. The van der Waals surface area contributed by atoms with Crippen molar-refractivity contribution in [1.82, 2.24) is 35.5 Å². The zero-order valence-corrected chi connectivity index (χ0v) is 19.6. The SMILES string of the molecule is COC(=O)COC(C)n1c(C(=O)C2CCNCC2CCCCc2nn[nH]n2)nc2ccccc21. The maximum atomic E-state index is 13.8. The fourth-order valence-corrected chi connectivity index (χ4v) is 4.62. The zero-order valence-electron chi connectivity index (χ0n) is 19.6. The number of esters is 1. The summed E-state index contributed by atoms with van der Waals surface area (Å²) in [5.74, 6) is 0.727. The third-order valence-electron chi connectivity index (χ3n) is 6.41. The molecule has 3 aromatic rings. The number of Topliss-reactive ketones (excluding diaryl/α,β-unsaturated/α-hetero) is 1. The summed E-state index contributed by atoms with van der Waals surface area (Å²) >= 11 is 0. The minimum atomic E-state index is -0.555. The van der Waals surface area contributed by atoms with Gasteiger partial charge < -0.3 is 14.8 Å². The Balaban J connectivity index is 1.51. The number of H-pyrrole nitrogens is 1. The molecule has 1 saturated heterocycles. The number of carbonyl (C=O) groups excluding carboxylic acids is 2. The van der Waals surface area contributed by atoms with E-state index in [1.165, 1.54) is 7.11 Å². The molecule has 1 fully saturated rings. The number of fused-ring (bicyclic) bond motifs is 1. The number of ether oxygens (including phenoxy) is 2. The summed E-state index contributed by atoms with van der Waals surface area (Å²) in [7, 11) is 1.32. The summed E-state index contributed by atoms with van der Waals surface area (Å²) in [4.78, 5) is 30.1. The molecular formula is C23H31N7O4. The first-order chi connectivity index (χ1) is 16.6. The number of nitrogens with zero attached hydrogens (tertiary/aromatic N) is 5. The lowest BCUT2D eigenvalue weighted by Crippen LogP contribution is -2.41. The van der Waals surface area contributed by atoms with Crippen LogP contribution in [0.5, 0.6) is 0 Å². The highest BCUT2D eigenvalue weighted by atomic mass is 16.6. The maximum Gasteiger partial charge on any atom is 0.331 e. The van der Waals surface area contributed by atoms with Crippen molar-refractivity contribution in [2.45, 2.75) is 45.3 Å². The van der Waals surface area contributed by atoms with Crippen molar-refractivity contribution < 1.29 is 19.1 Å². The number of unbranched alkanes of at least 4 members (excludes halogenated alkanes) is 1. The van der Waals surface area contributed by atoms with Crippen molar-refractivity contribution in [2.24, 2.45) is 11.8 Å². The summed E-state index contributed by atoms with van der Waals surface area (Å²) < 4.78 is 12.2. The number of benzene rings is 1.